The molecule has 0 aliphatic rings. The Morgan fingerprint density at radius 3 is 2.40 bits per heavy atom. The van der Waals surface area contributed by atoms with E-state index >= 15 is 0 Å². The zero-order chi connectivity index (χ0) is 8.04. The van der Waals surface area contributed by atoms with Gasteiger partial charge in [-0.3, -0.25) is 0 Å². The van der Waals surface area contributed by atoms with E-state index in [1.807, 2.05) is 11.6 Å². The van der Waals surface area contributed by atoms with Gasteiger partial charge in [0, 0.05) is 7.05 Å². The van der Waals surface area contributed by atoms with Gasteiger partial charge in [-0.2, -0.15) is 0 Å². The molecule has 0 amide bonds. The Morgan fingerprint density at radius 1 is 1.40 bits per heavy atom. The molecule has 0 bridgehead atoms. The SMILES string of the molecule is [CH2]NS(=O)(=O)CCCCC. The molecule has 1 N–H and O–H groups in total. The van der Waals surface area contributed by atoms with Crippen LogP contribution in [0.15, 0.2) is 0 Å². The van der Waals surface area contributed by atoms with Crippen molar-refractivity contribution in [1.82, 2.24) is 4.72 Å². The summed E-state index contributed by atoms with van der Waals surface area (Å²) in [5.41, 5.74) is 0. The average Bonchev–Trinajstić information content (AvgIpc) is 1.89. The highest BCUT2D eigenvalue weighted by molar-refractivity contribution is 7.89. The Balaban J connectivity index is 3.49. The molecule has 0 atom stereocenters. The van der Waals surface area contributed by atoms with Crippen LogP contribution in [0.4, 0.5) is 0 Å². The fourth-order valence-electron chi connectivity index (χ4n) is 0.614. The third-order valence-corrected chi connectivity index (χ3v) is 2.50. The first-order chi connectivity index (χ1) is 4.62. The predicted molar refractivity (Wildman–Crippen MR) is 41.8 cm³/mol. The molecule has 4 heteroatoms. The van der Waals surface area contributed by atoms with Crippen LogP contribution in [0.2, 0.25) is 0 Å². The molecule has 0 fully saturated rings. The highest BCUT2D eigenvalue weighted by Gasteiger charge is 2.04. The maximum Gasteiger partial charge on any atom is 0.211 e. The lowest BCUT2D eigenvalue weighted by Gasteiger charge is -1.99. The number of sulfonamides is 1. The topological polar surface area (TPSA) is 46.2 Å². The van der Waals surface area contributed by atoms with Crippen molar-refractivity contribution in [3.63, 3.8) is 0 Å². The molecule has 0 heterocycles. The number of nitrogens with one attached hydrogen (secondary N) is 1. The third-order valence-electron chi connectivity index (χ3n) is 1.24. The summed E-state index contributed by atoms with van der Waals surface area (Å²) in [4.78, 5) is 0. The van der Waals surface area contributed by atoms with E-state index in [-0.39, 0.29) is 5.75 Å². The second kappa shape index (κ2) is 4.68. The minimum Gasteiger partial charge on any atom is -0.214 e. The standard InChI is InChI=1S/C6H14NO2S/c1-3-4-5-6-10(8,9)7-2/h7H,2-6H2,1H3. The van der Waals surface area contributed by atoms with Gasteiger partial charge >= 0.3 is 0 Å². The van der Waals surface area contributed by atoms with Crippen LogP contribution in [0.5, 0.6) is 0 Å². The normalized spacial score (nSPS) is 11.8. The Bertz CT molecular complexity index is 163. The van der Waals surface area contributed by atoms with E-state index in [9.17, 15) is 8.42 Å². The van der Waals surface area contributed by atoms with Gasteiger partial charge in [0.25, 0.3) is 0 Å². The van der Waals surface area contributed by atoms with Gasteiger partial charge in [0.2, 0.25) is 10.0 Å². The van der Waals surface area contributed by atoms with Crippen LogP contribution in [0.3, 0.4) is 0 Å². The maximum absolute atomic E-state index is 10.7. The van der Waals surface area contributed by atoms with Crippen molar-refractivity contribution in [3.8, 4) is 0 Å². The molecule has 0 aliphatic carbocycles. The Kier molecular flexibility index (Phi) is 4.64. The Labute approximate surface area is 62.9 Å². The molecule has 3 nitrogen and oxygen atoms in total. The minimum absolute atomic E-state index is 0.199. The minimum atomic E-state index is -3.05. The molecular weight excluding hydrogens is 150 g/mol. The molecule has 0 unspecified atom stereocenters. The molecule has 1 radical (unpaired) electrons. The molecule has 0 rings (SSSR count). The summed E-state index contributed by atoms with van der Waals surface area (Å²) in [6.07, 6.45) is 2.72. The van der Waals surface area contributed by atoms with Crippen molar-refractivity contribution in [2.45, 2.75) is 26.2 Å². The van der Waals surface area contributed by atoms with E-state index in [2.05, 4.69) is 7.05 Å². The molecule has 61 valence electrons. The zero-order valence-electron chi connectivity index (χ0n) is 6.26. The van der Waals surface area contributed by atoms with Crippen molar-refractivity contribution >= 4 is 10.0 Å². The molecule has 0 aromatic carbocycles. The second-order valence-electron chi connectivity index (χ2n) is 2.17. The maximum atomic E-state index is 10.7. The Hall–Kier alpha value is -0.0900. The van der Waals surface area contributed by atoms with E-state index in [4.69, 9.17) is 0 Å². The van der Waals surface area contributed by atoms with Crippen LogP contribution in [0.1, 0.15) is 26.2 Å². The monoisotopic (exact) mass is 164 g/mol. The summed E-state index contributed by atoms with van der Waals surface area (Å²) in [5.74, 6) is 0.199. The van der Waals surface area contributed by atoms with Crippen LogP contribution in [0.25, 0.3) is 0 Å². The summed E-state index contributed by atoms with van der Waals surface area (Å²) in [7, 11) is 0.0453. The second-order valence-corrected chi connectivity index (χ2v) is 4.10. The van der Waals surface area contributed by atoms with Crippen LogP contribution in [-0.4, -0.2) is 14.2 Å². The summed E-state index contributed by atoms with van der Waals surface area (Å²) in [5, 5.41) is 0. The lowest BCUT2D eigenvalue weighted by molar-refractivity contribution is 0.585. The van der Waals surface area contributed by atoms with Gasteiger partial charge in [0.15, 0.2) is 0 Å². The first-order valence-corrected chi connectivity index (χ1v) is 5.04. The molecule has 0 saturated carbocycles. The van der Waals surface area contributed by atoms with E-state index < -0.39 is 10.0 Å². The van der Waals surface area contributed by atoms with Gasteiger partial charge in [0.1, 0.15) is 0 Å². The van der Waals surface area contributed by atoms with Crippen molar-refractivity contribution in [2.75, 3.05) is 5.75 Å². The number of unbranched alkanes of at least 4 members (excludes halogenated alkanes) is 2. The highest BCUT2D eigenvalue weighted by Crippen LogP contribution is 1.96. The first kappa shape index (κ1) is 9.91. The summed E-state index contributed by atoms with van der Waals surface area (Å²) in [6, 6.07) is 0. The van der Waals surface area contributed by atoms with Gasteiger partial charge in [-0.05, 0) is 6.42 Å². The van der Waals surface area contributed by atoms with E-state index in [1.165, 1.54) is 0 Å². The summed E-state index contributed by atoms with van der Waals surface area (Å²) < 4.78 is 23.4. The molecule has 0 saturated heterocycles. The lowest BCUT2D eigenvalue weighted by atomic mass is 10.3. The van der Waals surface area contributed by atoms with E-state index in [0.717, 1.165) is 19.3 Å². The largest absolute Gasteiger partial charge is 0.214 e. The highest BCUT2D eigenvalue weighted by atomic mass is 32.2. The Morgan fingerprint density at radius 2 is 2.00 bits per heavy atom. The van der Waals surface area contributed by atoms with Gasteiger partial charge < -0.3 is 0 Å². The first-order valence-electron chi connectivity index (χ1n) is 3.39. The molecule has 10 heavy (non-hydrogen) atoms. The van der Waals surface area contributed by atoms with Crippen molar-refractivity contribution in [3.05, 3.63) is 7.05 Å². The third kappa shape index (κ3) is 4.76. The molecule has 0 aromatic rings. The van der Waals surface area contributed by atoms with Crippen LogP contribution < -0.4 is 4.72 Å². The molecule has 0 aromatic heterocycles. The number of rotatable bonds is 5. The van der Waals surface area contributed by atoms with Crippen LogP contribution >= 0.6 is 0 Å². The fraction of sp³-hybridized carbons (Fsp3) is 0.833. The van der Waals surface area contributed by atoms with Gasteiger partial charge in [0.05, 0.1) is 5.75 Å². The van der Waals surface area contributed by atoms with Gasteiger partial charge in [-0.15, -0.1) is 0 Å². The van der Waals surface area contributed by atoms with Crippen LogP contribution in [-0.2, 0) is 10.0 Å². The van der Waals surface area contributed by atoms with Crippen molar-refractivity contribution < 1.29 is 8.42 Å². The van der Waals surface area contributed by atoms with Crippen LogP contribution in [0, 0.1) is 7.05 Å². The summed E-state index contributed by atoms with van der Waals surface area (Å²) in [6.45, 7) is 2.03. The smallest absolute Gasteiger partial charge is 0.211 e. The average molecular weight is 164 g/mol. The van der Waals surface area contributed by atoms with Gasteiger partial charge in [-0.25, -0.2) is 13.1 Å². The number of hydrogen-bond acceptors (Lipinski definition) is 2. The lowest BCUT2D eigenvalue weighted by Crippen LogP contribution is -2.19. The van der Waals surface area contributed by atoms with E-state index in [1.54, 1.807) is 0 Å². The quantitative estimate of drug-likeness (QED) is 0.613. The van der Waals surface area contributed by atoms with Crippen molar-refractivity contribution in [2.24, 2.45) is 0 Å². The predicted octanol–water partition coefficient (Wildman–Crippen LogP) is 0.888. The van der Waals surface area contributed by atoms with Crippen molar-refractivity contribution in [1.29, 1.82) is 0 Å². The molecule has 0 spiro atoms. The number of hydrogen-bond donors (Lipinski definition) is 1. The summed E-state index contributed by atoms with van der Waals surface area (Å²) >= 11 is 0. The fourth-order valence-corrected chi connectivity index (χ4v) is 1.34. The van der Waals surface area contributed by atoms with Gasteiger partial charge in [-0.1, -0.05) is 19.8 Å². The van der Waals surface area contributed by atoms with E-state index in [0.29, 0.717) is 0 Å². The molecule has 0 aliphatic heterocycles. The molecular formula is C6H14NO2S. The zero-order valence-corrected chi connectivity index (χ0v) is 7.08.